The molecule has 0 aliphatic carbocycles. The van der Waals surface area contributed by atoms with E-state index in [2.05, 4.69) is 10.6 Å². The molecule has 0 unspecified atom stereocenters. The SMILES string of the molecule is CCC(=O)Nc1ccc(C)c(NC(=O)C(C)(C)C)c1. The molecule has 19 heavy (non-hydrogen) atoms. The van der Waals surface area contributed by atoms with E-state index < -0.39 is 5.41 Å². The van der Waals surface area contributed by atoms with Crippen LogP contribution in [0.15, 0.2) is 18.2 Å². The van der Waals surface area contributed by atoms with Crippen LogP contribution in [0.3, 0.4) is 0 Å². The minimum Gasteiger partial charge on any atom is -0.326 e. The van der Waals surface area contributed by atoms with E-state index >= 15 is 0 Å². The highest BCUT2D eigenvalue weighted by molar-refractivity contribution is 5.96. The zero-order valence-corrected chi connectivity index (χ0v) is 12.3. The molecule has 0 saturated heterocycles. The molecular formula is C15H22N2O2. The van der Waals surface area contributed by atoms with Crippen molar-refractivity contribution in [2.24, 2.45) is 5.41 Å². The highest BCUT2D eigenvalue weighted by Crippen LogP contribution is 2.23. The van der Waals surface area contributed by atoms with Crippen LogP contribution in [-0.4, -0.2) is 11.8 Å². The first-order chi connectivity index (χ1) is 8.74. The fourth-order valence-electron chi connectivity index (χ4n) is 1.39. The maximum atomic E-state index is 12.0. The van der Waals surface area contributed by atoms with Crippen LogP contribution in [0.4, 0.5) is 11.4 Å². The Morgan fingerprint density at radius 2 is 1.79 bits per heavy atom. The van der Waals surface area contributed by atoms with Crippen LogP contribution < -0.4 is 10.6 Å². The van der Waals surface area contributed by atoms with Gasteiger partial charge in [-0.25, -0.2) is 0 Å². The molecule has 0 fully saturated rings. The molecule has 0 bridgehead atoms. The number of carbonyl (C=O) groups excluding carboxylic acids is 2. The van der Waals surface area contributed by atoms with Crippen molar-refractivity contribution >= 4 is 23.2 Å². The van der Waals surface area contributed by atoms with Crippen molar-refractivity contribution in [3.8, 4) is 0 Å². The molecule has 4 heteroatoms. The molecule has 4 nitrogen and oxygen atoms in total. The van der Waals surface area contributed by atoms with Gasteiger partial charge in [-0.05, 0) is 24.6 Å². The van der Waals surface area contributed by atoms with Crippen molar-refractivity contribution in [2.75, 3.05) is 10.6 Å². The predicted octanol–water partition coefficient (Wildman–Crippen LogP) is 3.33. The fourth-order valence-corrected chi connectivity index (χ4v) is 1.39. The molecule has 104 valence electrons. The Morgan fingerprint density at radius 3 is 2.32 bits per heavy atom. The molecular weight excluding hydrogens is 240 g/mol. The number of benzene rings is 1. The minimum absolute atomic E-state index is 0.0445. The summed E-state index contributed by atoms with van der Waals surface area (Å²) in [7, 11) is 0. The molecule has 2 amide bonds. The molecule has 1 rings (SSSR count). The van der Waals surface area contributed by atoms with Crippen molar-refractivity contribution < 1.29 is 9.59 Å². The van der Waals surface area contributed by atoms with Crippen LogP contribution >= 0.6 is 0 Å². The molecule has 0 atom stereocenters. The van der Waals surface area contributed by atoms with Crippen molar-refractivity contribution in [3.63, 3.8) is 0 Å². The Bertz CT molecular complexity index is 487. The van der Waals surface area contributed by atoms with Crippen LogP contribution in [0, 0.1) is 12.3 Å². The Hall–Kier alpha value is -1.84. The summed E-state index contributed by atoms with van der Waals surface area (Å²) in [5.74, 6) is -0.0912. The Labute approximate surface area is 114 Å². The number of hydrogen-bond donors (Lipinski definition) is 2. The summed E-state index contributed by atoms with van der Waals surface area (Å²) in [5.41, 5.74) is 1.94. The van der Waals surface area contributed by atoms with E-state index in [1.54, 1.807) is 13.0 Å². The quantitative estimate of drug-likeness (QED) is 0.877. The highest BCUT2D eigenvalue weighted by Gasteiger charge is 2.21. The average molecular weight is 262 g/mol. The number of nitrogens with one attached hydrogen (secondary N) is 2. The third kappa shape index (κ3) is 4.39. The van der Waals surface area contributed by atoms with Gasteiger partial charge in [-0.2, -0.15) is 0 Å². The van der Waals surface area contributed by atoms with Crippen LogP contribution in [0.2, 0.25) is 0 Å². The maximum absolute atomic E-state index is 12.0. The maximum Gasteiger partial charge on any atom is 0.229 e. The molecule has 1 aromatic rings. The zero-order chi connectivity index (χ0) is 14.6. The van der Waals surface area contributed by atoms with Gasteiger partial charge in [-0.1, -0.05) is 33.8 Å². The van der Waals surface area contributed by atoms with Gasteiger partial charge in [0.1, 0.15) is 0 Å². The minimum atomic E-state index is -0.449. The second-order valence-corrected chi connectivity index (χ2v) is 5.64. The number of carbonyl (C=O) groups is 2. The summed E-state index contributed by atoms with van der Waals surface area (Å²) in [5, 5.41) is 5.67. The molecule has 0 saturated carbocycles. The Morgan fingerprint density at radius 1 is 1.16 bits per heavy atom. The monoisotopic (exact) mass is 262 g/mol. The number of amides is 2. The van der Waals surface area contributed by atoms with Crippen LogP contribution in [0.1, 0.15) is 39.7 Å². The fraction of sp³-hybridized carbons (Fsp3) is 0.467. The molecule has 2 N–H and O–H groups in total. The lowest BCUT2D eigenvalue weighted by Gasteiger charge is -2.19. The van der Waals surface area contributed by atoms with Crippen molar-refractivity contribution in [2.45, 2.75) is 41.0 Å². The lowest BCUT2D eigenvalue weighted by Crippen LogP contribution is -2.28. The number of rotatable bonds is 3. The van der Waals surface area contributed by atoms with E-state index in [-0.39, 0.29) is 11.8 Å². The second-order valence-electron chi connectivity index (χ2n) is 5.64. The van der Waals surface area contributed by atoms with Gasteiger partial charge in [0, 0.05) is 23.2 Å². The summed E-state index contributed by atoms with van der Waals surface area (Å²) in [6, 6.07) is 5.49. The van der Waals surface area contributed by atoms with Crippen molar-refractivity contribution in [1.82, 2.24) is 0 Å². The van der Waals surface area contributed by atoms with Gasteiger partial charge in [-0.15, -0.1) is 0 Å². The molecule has 0 heterocycles. The number of hydrogen-bond acceptors (Lipinski definition) is 2. The highest BCUT2D eigenvalue weighted by atomic mass is 16.2. The Balaban J connectivity index is 2.92. The lowest BCUT2D eigenvalue weighted by molar-refractivity contribution is -0.123. The Kier molecular flexibility index (Phi) is 4.70. The standard InChI is InChI=1S/C15H22N2O2/c1-6-13(18)16-11-8-7-10(2)12(9-11)17-14(19)15(3,4)5/h7-9H,6H2,1-5H3,(H,16,18)(H,17,19). The van der Waals surface area contributed by atoms with E-state index in [0.29, 0.717) is 12.1 Å². The molecule has 0 radical (unpaired) electrons. The van der Waals surface area contributed by atoms with Gasteiger partial charge < -0.3 is 10.6 Å². The third-order valence-electron chi connectivity index (χ3n) is 2.77. The molecule has 0 aliphatic rings. The summed E-state index contributed by atoms with van der Waals surface area (Å²) < 4.78 is 0. The largest absolute Gasteiger partial charge is 0.326 e. The van der Waals surface area contributed by atoms with Crippen molar-refractivity contribution in [1.29, 1.82) is 0 Å². The number of anilines is 2. The van der Waals surface area contributed by atoms with E-state index in [4.69, 9.17) is 0 Å². The summed E-state index contributed by atoms with van der Waals surface area (Å²) in [4.78, 5) is 23.3. The first-order valence-electron chi connectivity index (χ1n) is 6.46. The molecule has 0 aromatic heterocycles. The lowest BCUT2D eigenvalue weighted by atomic mass is 9.95. The molecule has 0 aliphatic heterocycles. The number of aryl methyl sites for hydroxylation is 1. The third-order valence-corrected chi connectivity index (χ3v) is 2.77. The van der Waals surface area contributed by atoms with E-state index in [9.17, 15) is 9.59 Å². The zero-order valence-electron chi connectivity index (χ0n) is 12.3. The van der Waals surface area contributed by atoms with Gasteiger partial charge in [0.15, 0.2) is 0 Å². The van der Waals surface area contributed by atoms with Gasteiger partial charge >= 0.3 is 0 Å². The first-order valence-corrected chi connectivity index (χ1v) is 6.46. The van der Waals surface area contributed by atoms with Gasteiger partial charge in [0.05, 0.1) is 0 Å². The summed E-state index contributed by atoms with van der Waals surface area (Å²) >= 11 is 0. The van der Waals surface area contributed by atoms with Gasteiger partial charge in [0.2, 0.25) is 11.8 Å². The van der Waals surface area contributed by atoms with Crippen LogP contribution in [0.5, 0.6) is 0 Å². The van der Waals surface area contributed by atoms with Crippen LogP contribution in [0.25, 0.3) is 0 Å². The van der Waals surface area contributed by atoms with Gasteiger partial charge in [-0.3, -0.25) is 9.59 Å². The van der Waals surface area contributed by atoms with Crippen LogP contribution in [-0.2, 0) is 9.59 Å². The van der Waals surface area contributed by atoms with Gasteiger partial charge in [0.25, 0.3) is 0 Å². The van der Waals surface area contributed by atoms with Crippen molar-refractivity contribution in [3.05, 3.63) is 23.8 Å². The molecule has 0 spiro atoms. The average Bonchev–Trinajstić information content (AvgIpc) is 2.32. The second kappa shape index (κ2) is 5.87. The smallest absolute Gasteiger partial charge is 0.229 e. The topological polar surface area (TPSA) is 58.2 Å². The first kappa shape index (κ1) is 15.2. The summed E-state index contributed by atoms with van der Waals surface area (Å²) in [6.07, 6.45) is 0.428. The van der Waals surface area contributed by atoms with E-state index in [0.717, 1.165) is 11.3 Å². The predicted molar refractivity (Wildman–Crippen MR) is 78.2 cm³/mol. The van der Waals surface area contributed by atoms with E-state index in [1.807, 2.05) is 39.8 Å². The summed E-state index contributed by atoms with van der Waals surface area (Å²) in [6.45, 7) is 9.30. The molecule has 1 aromatic carbocycles. The van der Waals surface area contributed by atoms with E-state index in [1.165, 1.54) is 0 Å². The normalized spacial score (nSPS) is 11.0.